The summed E-state index contributed by atoms with van der Waals surface area (Å²) in [5.41, 5.74) is 0. The van der Waals surface area contributed by atoms with Crippen LogP contribution in [-0.4, -0.2) is 23.4 Å². The van der Waals surface area contributed by atoms with Crippen molar-refractivity contribution in [2.45, 2.75) is 26.3 Å². The van der Waals surface area contributed by atoms with Crippen molar-refractivity contribution < 1.29 is 19.0 Å². The van der Waals surface area contributed by atoms with Crippen LogP contribution in [-0.2, 0) is 13.9 Å². The summed E-state index contributed by atoms with van der Waals surface area (Å²) in [6.07, 6.45) is 0.150. The summed E-state index contributed by atoms with van der Waals surface area (Å²) in [6.45, 7) is 3.77. The average Bonchev–Trinajstić information content (AvgIpc) is 1.96. The van der Waals surface area contributed by atoms with E-state index in [0.29, 0.717) is 6.42 Å². The Kier molecular flexibility index (Phi) is 5.58. The zero-order valence-corrected chi connectivity index (χ0v) is 8.58. The Balaban J connectivity index is 4.02. The number of carboxylic acid groups (broad SMARTS) is 1. The van der Waals surface area contributed by atoms with Gasteiger partial charge < -0.3 is 5.11 Å². The lowest BCUT2D eigenvalue weighted by atomic mass is 10.0. The molecule has 0 bridgehead atoms. The highest BCUT2D eigenvalue weighted by molar-refractivity contribution is 7.30. The normalized spacial score (nSPS) is 12.8. The molecule has 0 aromatic rings. The summed E-state index contributed by atoms with van der Waals surface area (Å²) in [7, 11) is -2.56. The molecule has 0 unspecified atom stereocenters. The number of rotatable bonds is 6. The molecule has 0 amide bonds. The zero-order chi connectivity index (χ0) is 10.4. The van der Waals surface area contributed by atoms with Gasteiger partial charge in [-0.1, -0.05) is 13.8 Å². The second-order valence-corrected chi connectivity index (χ2v) is 4.20. The van der Waals surface area contributed by atoms with Crippen molar-refractivity contribution in [1.29, 1.82) is 0 Å². The molecular weight excluding hydrogens is 193 g/mol. The maximum atomic E-state index is 10.6. The van der Waals surface area contributed by atoms with Crippen LogP contribution in [0, 0.1) is 5.92 Å². The summed E-state index contributed by atoms with van der Waals surface area (Å²) < 4.78 is 20.4. The maximum Gasteiger partial charge on any atom is 0.329 e. The molecule has 0 rings (SSSR count). The fourth-order valence-corrected chi connectivity index (χ4v) is 1.30. The fraction of sp³-hybridized carbons (Fsp3) is 0.857. The number of hydrogen-bond acceptors (Lipinski definition) is 4. The Bertz CT molecular complexity index is 229. The zero-order valence-electron chi connectivity index (χ0n) is 7.69. The third-order valence-corrected chi connectivity index (χ3v) is 1.91. The number of nitrogens with one attached hydrogen (secondary N) is 1. The number of aliphatic carboxylic acids is 1. The number of carbonyl (C=O) groups is 1. The second-order valence-electron chi connectivity index (χ2n) is 3.22. The molecule has 0 spiro atoms. The Hall–Kier alpha value is -0.670. The molecule has 0 saturated carbocycles. The third kappa shape index (κ3) is 6.49. The van der Waals surface area contributed by atoms with E-state index < -0.39 is 19.7 Å². The van der Waals surface area contributed by atoms with Gasteiger partial charge in [0.2, 0.25) is 0 Å². The van der Waals surface area contributed by atoms with E-state index >= 15 is 0 Å². The van der Waals surface area contributed by atoms with E-state index in [9.17, 15) is 13.9 Å². The minimum Gasteiger partial charge on any atom is -0.480 e. The topological polar surface area (TPSA) is 83.5 Å². The lowest BCUT2D eigenvalue weighted by Crippen LogP contribution is -2.37. The molecule has 0 heterocycles. The van der Waals surface area contributed by atoms with Gasteiger partial charge in [-0.15, -0.1) is 0 Å². The molecule has 0 aliphatic carbocycles. The largest absolute Gasteiger partial charge is 0.480 e. The number of carboxylic acids is 1. The van der Waals surface area contributed by atoms with Crippen LogP contribution in [0.1, 0.15) is 20.3 Å². The van der Waals surface area contributed by atoms with Crippen LogP contribution in [0.4, 0.5) is 0 Å². The van der Waals surface area contributed by atoms with Crippen molar-refractivity contribution in [2.75, 3.05) is 6.29 Å². The molecule has 0 aliphatic rings. The van der Waals surface area contributed by atoms with E-state index in [2.05, 4.69) is 5.32 Å². The van der Waals surface area contributed by atoms with E-state index in [-0.39, 0.29) is 12.2 Å². The lowest BCUT2D eigenvalue weighted by molar-refractivity contribution is -0.139. The predicted molar refractivity (Wildman–Crippen MR) is 47.2 cm³/mol. The van der Waals surface area contributed by atoms with Gasteiger partial charge in [0.05, 0.1) is 0 Å². The third-order valence-electron chi connectivity index (χ3n) is 1.47. The Morgan fingerprint density at radius 1 is 1.46 bits per heavy atom. The Morgan fingerprint density at radius 3 is 2.31 bits per heavy atom. The van der Waals surface area contributed by atoms with Crippen LogP contribution >= 0.6 is 7.68 Å². The van der Waals surface area contributed by atoms with Gasteiger partial charge in [-0.2, -0.15) is 0 Å². The molecule has 0 aliphatic heterocycles. The van der Waals surface area contributed by atoms with Gasteiger partial charge >= 0.3 is 13.6 Å². The molecule has 5 nitrogen and oxygen atoms in total. The molecule has 6 heteroatoms. The van der Waals surface area contributed by atoms with Crippen molar-refractivity contribution in [2.24, 2.45) is 5.92 Å². The highest BCUT2D eigenvalue weighted by Crippen LogP contribution is 2.07. The second kappa shape index (κ2) is 5.89. The van der Waals surface area contributed by atoms with Crippen molar-refractivity contribution in [3.63, 3.8) is 0 Å². The van der Waals surface area contributed by atoms with Crippen molar-refractivity contribution in [1.82, 2.24) is 5.32 Å². The summed E-state index contributed by atoms with van der Waals surface area (Å²) in [4.78, 5) is 10.6. The molecule has 0 saturated heterocycles. The molecule has 1 atom stereocenters. The van der Waals surface area contributed by atoms with Crippen LogP contribution in [0.2, 0.25) is 0 Å². The van der Waals surface area contributed by atoms with Gasteiger partial charge in [0, 0.05) is 0 Å². The predicted octanol–water partition coefficient (Wildman–Crippen LogP) is 1.21. The molecule has 13 heavy (non-hydrogen) atoms. The minimum absolute atomic E-state index is 0.220. The molecule has 0 radical (unpaired) electrons. The van der Waals surface area contributed by atoms with Crippen molar-refractivity contribution in [3.05, 3.63) is 0 Å². The highest BCUT2D eigenvalue weighted by Gasteiger charge is 2.18. The van der Waals surface area contributed by atoms with Gasteiger partial charge in [0.25, 0.3) is 0 Å². The summed E-state index contributed by atoms with van der Waals surface area (Å²) in [5, 5.41) is 11.1. The first-order valence-corrected chi connectivity index (χ1v) is 5.37. The quantitative estimate of drug-likeness (QED) is 0.639. The molecular formula is C7H14NO4P. The standard InChI is InChI=1S/C7H14NO4P/c1-5(2)3-6(7(9)10)8-4-13(11)12/h5-6,8H,3-4H2,1-2H3,(H,9,10)/t6-/m0/s1. The summed E-state index contributed by atoms with van der Waals surface area (Å²) in [6, 6.07) is -0.770. The first kappa shape index (κ1) is 12.3. The maximum absolute atomic E-state index is 10.6. The van der Waals surface area contributed by atoms with E-state index in [1.165, 1.54) is 0 Å². The summed E-state index contributed by atoms with van der Waals surface area (Å²) >= 11 is 0. The average molecular weight is 207 g/mol. The monoisotopic (exact) mass is 207 g/mol. The van der Waals surface area contributed by atoms with Crippen LogP contribution < -0.4 is 5.32 Å². The molecule has 0 aromatic carbocycles. The van der Waals surface area contributed by atoms with Crippen LogP contribution in [0.15, 0.2) is 0 Å². The minimum atomic E-state index is -2.56. The van der Waals surface area contributed by atoms with E-state index in [0.717, 1.165) is 0 Å². The first-order valence-electron chi connectivity index (χ1n) is 4.01. The van der Waals surface area contributed by atoms with Gasteiger partial charge in [-0.3, -0.25) is 10.1 Å². The fourth-order valence-electron chi connectivity index (χ4n) is 0.928. The highest BCUT2D eigenvalue weighted by atomic mass is 31.1. The van der Waals surface area contributed by atoms with Crippen LogP contribution in [0.3, 0.4) is 0 Å². The Morgan fingerprint density at radius 2 is 2.00 bits per heavy atom. The SMILES string of the molecule is CC(C)C[C@H](NCP(=O)=O)C(=O)O. The Labute approximate surface area is 77.3 Å². The van der Waals surface area contributed by atoms with Crippen LogP contribution in [0.25, 0.3) is 0 Å². The van der Waals surface area contributed by atoms with E-state index in [1.54, 1.807) is 0 Å². The van der Waals surface area contributed by atoms with E-state index in [4.69, 9.17) is 5.11 Å². The molecule has 0 fully saturated rings. The van der Waals surface area contributed by atoms with Gasteiger partial charge in [-0.05, 0) is 12.3 Å². The van der Waals surface area contributed by atoms with Crippen molar-refractivity contribution >= 4 is 13.6 Å². The molecule has 0 aromatic heterocycles. The van der Waals surface area contributed by atoms with Gasteiger partial charge in [-0.25, -0.2) is 9.13 Å². The lowest BCUT2D eigenvalue weighted by Gasteiger charge is -2.13. The molecule has 76 valence electrons. The smallest absolute Gasteiger partial charge is 0.329 e. The van der Waals surface area contributed by atoms with Gasteiger partial charge in [0.15, 0.2) is 0 Å². The molecule has 2 N–H and O–H groups in total. The summed E-state index contributed by atoms with van der Waals surface area (Å²) in [5.74, 6) is -0.788. The van der Waals surface area contributed by atoms with Gasteiger partial charge in [0.1, 0.15) is 12.3 Å². The van der Waals surface area contributed by atoms with E-state index in [1.807, 2.05) is 13.8 Å². The van der Waals surface area contributed by atoms with Crippen molar-refractivity contribution in [3.8, 4) is 0 Å². The van der Waals surface area contributed by atoms with Crippen LogP contribution in [0.5, 0.6) is 0 Å². The first-order chi connectivity index (χ1) is 5.93. The number of hydrogen-bond donors (Lipinski definition) is 2.